The van der Waals surface area contributed by atoms with Gasteiger partial charge in [-0.15, -0.1) is 12.4 Å². The lowest BCUT2D eigenvalue weighted by molar-refractivity contribution is -0.116. The maximum absolute atomic E-state index is 12.3. The highest BCUT2D eigenvalue weighted by molar-refractivity contribution is 8.14. The van der Waals surface area contributed by atoms with Gasteiger partial charge < -0.3 is 10.2 Å². The van der Waals surface area contributed by atoms with Gasteiger partial charge in [0, 0.05) is 41.0 Å². The molecule has 0 aromatic heterocycles. The molecule has 3 rings (SSSR count). The number of amides is 1. The van der Waals surface area contributed by atoms with Crippen LogP contribution in [0, 0.1) is 0 Å². The third-order valence-electron chi connectivity index (χ3n) is 3.85. The lowest BCUT2D eigenvalue weighted by Crippen LogP contribution is -2.33. The number of nitrogens with one attached hydrogen (secondary N) is 1. The molecule has 1 unspecified atom stereocenters. The van der Waals surface area contributed by atoms with Gasteiger partial charge in [-0.25, -0.2) is 4.99 Å². The zero-order valence-electron chi connectivity index (χ0n) is 14.0. The van der Waals surface area contributed by atoms with Gasteiger partial charge in [0.15, 0.2) is 5.17 Å². The van der Waals surface area contributed by atoms with Crippen molar-refractivity contribution in [2.45, 2.75) is 12.5 Å². The molecule has 4 nitrogen and oxygen atoms in total. The predicted octanol–water partition coefficient (Wildman–Crippen LogP) is 5.48. The van der Waals surface area contributed by atoms with Crippen LogP contribution >= 0.6 is 47.4 Å². The molecule has 1 aliphatic rings. The Bertz CT molecular complexity index is 781. The molecule has 1 N–H and O–H groups in total. The molecule has 1 saturated heterocycles. The van der Waals surface area contributed by atoms with Crippen LogP contribution in [0.5, 0.6) is 0 Å². The van der Waals surface area contributed by atoms with Gasteiger partial charge in [0.1, 0.15) is 0 Å². The summed E-state index contributed by atoms with van der Waals surface area (Å²) in [4.78, 5) is 19.0. The summed E-state index contributed by atoms with van der Waals surface area (Å²) in [6, 6.07) is 14.6. The van der Waals surface area contributed by atoms with Crippen molar-refractivity contribution in [2.24, 2.45) is 4.99 Å². The van der Waals surface area contributed by atoms with Crippen molar-refractivity contribution in [1.29, 1.82) is 0 Å². The number of aliphatic imine (C=N–C) groups is 1. The van der Waals surface area contributed by atoms with Gasteiger partial charge in [-0.05, 0) is 48.5 Å². The fourth-order valence-corrected chi connectivity index (χ4v) is 3.89. The van der Waals surface area contributed by atoms with Crippen LogP contribution in [0.4, 0.5) is 11.4 Å². The van der Waals surface area contributed by atoms with Crippen molar-refractivity contribution in [3.05, 3.63) is 58.6 Å². The van der Waals surface area contributed by atoms with Crippen LogP contribution in [0.25, 0.3) is 0 Å². The Morgan fingerprint density at radius 2 is 1.73 bits per heavy atom. The van der Waals surface area contributed by atoms with Crippen LogP contribution in [0.15, 0.2) is 53.5 Å². The second-order valence-corrected chi connectivity index (χ2v) is 7.57. The van der Waals surface area contributed by atoms with E-state index in [2.05, 4.69) is 15.2 Å². The minimum Gasteiger partial charge on any atom is -0.350 e. The number of hydrogen-bond acceptors (Lipinski definition) is 3. The lowest BCUT2D eigenvalue weighted by Gasteiger charge is -2.20. The summed E-state index contributed by atoms with van der Waals surface area (Å²) in [6.45, 7) is 0. The van der Waals surface area contributed by atoms with E-state index in [4.69, 9.17) is 23.2 Å². The van der Waals surface area contributed by atoms with E-state index >= 15 is 0 Å². The normalized spacial score (nSPS) is 17.9. The zero-order valence-corrected chi connectivity index (χ0v) is 17.1. The Labute approximate surface area is 173 Å². The van der Waals surface area contributed by atoms with Gasteiger partial charge in [0.2, 0.25) is 5.91 Å². The topological polar surface area (TPSA) is 44.7 Å². The Morgan fingerprint density at radius 3 is 2.35 bits per heavy atom. The Hall–Kier alpha value is -1.40. The predicted molar refractivity (Wildman–Crippen MR) is 115 cm³/mol. The fourth-order valence-electron chi connectivity index (χ4n) is 2.43. The summed E-state index contributed by atoms with van der Waals surface area (Å²) < 4.78 is 0. The standard InChI is InChI=1S/C18H17Cl2N3OS.ClH/c1-23-16(10-17(24)21-14-6-2-12(19)3-7-14)11-25-18(23)22-15-8-4-13(20)5-9-15;/h2-9,16H,10-11H2,1H3,(H,21,24);1H/b22-18-;. The maximum atomic E-state index is 12.3. The number of amidine groups is 1. The molecule has 1 heterocycles. The van der Waals surface area contributed by atoms with Crippen LogP contribution in [0.1, 0.15) is 6.42 Å². The van der Waals surface area contributed by atoms with Crippen molar-refractivity contribution in [3.8, 4) is 0 Å². The summed E-state index contributed by atoms with van der Waals surface area (Å²) >= 11 is 13.4. The molecular formula is C18H18Cl3N3OS. The summed E-state index contributed by atoms with van der Waals surface area (Å²) in [5.74, 6) is 0.809. The molecule has 2 aromatic carbocycles. The molecule has 1 aliphatic heterocycles. The first kappa shape index (κ1) is 20.9. The first-order valence-electron chi connectivity index (χ1n) is 7.76. The molecule has 0 bridgehead atoms. The summed E-state index contributed by atoms with van der Waals surface area (Å²) in [5, 5.41) is 5.14. The van der Waals surface area contributed by atoms with Crippen LogP contribution in [0.2, 0.25) is 10.0 Å². The fraction of sp³-hybridized carbons (Fsp3) is 0.222. The second kappa shape index (κ2) is 9.51. The second-order valence-electron chi connectivity index (χ2n) is 5.71. The van der Waals surface area contributed by atoms with Gasteiger partial charge in [-0.3, -0.25) is 4.79 Å². The first-order chi connectivity index (χ1) is 12.0. The van der Waals surface area contributed by atoms with Gasteiger partial charge in [0.05, 0.1) is 5.69 Å². The van der Waals surface area contributed by atoms with Gasteiger partial charge in [-0.1, -0.05) is 35.0 Å². The number of carbonyl (C=O) groups is 1. The largest absolute Gasteiger partial charge is 0.350 e. The Morgan fingerprint density at radius 1 is 1.15 bits per heavy atom. The van der Waals surface area contributed by atoms with Crippen LogP contribution < -0.4 is 5.32 Å². The molecule has 138 valence electrons. The van der Waals surface area contributed by atoms with E-state index in [9.17, 15) is 4.79 Å². The van der Waals surface area contributed by atoms with Crippen LogP contribution in [0.3, 0.4) is 0 Å². The average molecular weight is 431 g/mol. The molecule has 1 atom stereocenters. The Balaban J connectivity index is 0.00000243. The molecule has 1 fully saturated rings. The number of anilines is 1. The number of benzene rings is 2. The molecule has 2 aromatic rings. The van der Waals surface area contributed by atoms with E-state index in [0.717, 1.165) is 22.3 Å². The van der Waals surface area contributed by atoms with Gasteiger partial charge in [-0.2, -0.15) is 0 Å². The average Bonchev–Trinajstić information content (AvgIpc) is 2.92. The number of hydrogen-bond donors (Lipinski definition) is 1. The highest BCUT2D eigenvalue weighted by Crippen LogP contribution is 2.28. The van der Waals surface area contributed by atoms with Crippen LogP contribution in [-0.4, -0.2) is 34.8 Å². The third-order valence-corrected chi connectivity index (χ3v) is 5.55. The van der Waals surface area contributed by atoms with Crippen molar-refractivity contribution in [2.75, 3.05) is 18.1 Å². The zero-order chi connectivity index (χ0) is 17.8. The van der Waals surface area contributed by atoms with E-state index in [1.807, 2.05) is 31.3 Å². The number of rotatable bonds is 4. The van der Waals surface area contributed by atoms with Crippen LogP contribution in [-0.2, 0) is 4.79 Å². The monoisotopic (exact) mass is 429 g/mol. The minimum atomic E-state index is -0.0208. The van der Waals surface area contributed by atoms with Crippen molar-refractivity contribution < 1.29 is 4.79 Å². The maximum Gasteiger partial charge on any atom is 0.226 e. The van der Waals surface area contributed by atoms with E-state index in [1.54, 1.807) is 36.0 Å². The quantitative estimate of drug-likeness (QED) is 0.698. The summed E-state index contributed by atoms with van der Waals surface area (Å²) in [5.41, 5.74) is 1.60. The van der Waals surface area contributed by atoms with E-state index in [1.165, 1.54) is 0 Å². The first-order valence-corrected chi connectivity index (χ1v) is 9.51. The highest BCUT2D eigenvalue weighted by Gasteiger charge is 2.29. The molecule has 0 saturated carbocycles. The minimum absolute atomic E-state index is 0. The van der Waals surface area contributed by atoms with E-state index in [0.29, 0.717) is 16.5 Å². The number of thioether (sulfide) groups is 1. The number of halogens is 3. The molecule has 0 aliphatic carbocycles. The van der Waals surface area contributed by atoms with Gasteiger partial charge in [0.25, 0.3) is 0 Å². The number of nitrogens with zero attached hydrogens (tertiary/aromatic N) is 2. The molecule has 26 heavy (non-hydrogen) atoms. The third kappa shape index (κ3) is 5.55. The molecule has 8 heteroatoms. The van der Waals surface area contributed by atoms with E-state index < -0.39 is 0 Å². The van der Waals surface area contributed by atoms with Crippen molar-refractivity contribution in [1.82, 2.24) is 4.90 Å². The van der Waals surface area contributed by atoms with Crippen molar-refractivity contribution in [3.63, 3.8) is 0 Å². The van der Waals surface area contributed by atoms with E-state index in [-0.39, 0.29) is 24.4 Å². The van der Waals surface area contributed by atoms with Gasteiger partial charge >= 0.3 is 0 Å². The molecule has 0 spiro atoms. The Kier molecular flexibility index (Phi) is 7.65. The lowest BCUT2D eigenvalue weighted by atomic mass is 10.2. The molecule has 1 amide bonds. The summed E-state index contributed by atoms with van der Waals surface area (Å²) in [6.07, 6.45) is 0.408. The smallest absolute Gasteiger partial charge is 0.226 e. The SMILES string of the molecule is CN1/C(=N/c2ccc(Cl)cc2)SCC1CC(=O)Nc1ccc(Cl)cc1.Cl. The summed E-state index contributed by atoms with van der Waals surface area (Å²) in [7, 11) is 1.97. The molecular weight excluding hydrogens is 413 g/mol. The molecule has 0 radical (unpaired) electrons. The highest BCUT2D eigenvalue weighted by atomic mass is 35.5. The number of carbonyl (C=O) groups excluding carboxylic acids is 1. The van der Waals surface area contributed by atoms with Crippen molar-refractivity contribution >= 4 is 69.8 Å².